The van der Waals surface area contributed by atoms with Crippen molar-refractivity contribution in [3.8, 4) is 0 Å². The van der Waals surface area contributed by atoms with Crippen LogP contribution in [0.25, 0.3) is 11.1 Å². The van der Waals surface area contributed by atoms with Gasteiger partial charge in [0.15, 0.2) is 5.58 Å². The summed E-state index contributed by atoms with van der Waals surface area (Å²) in [5.74, 6) is 0.555. The van der Waals surface area contributed by atoms with Crippen molar-refractivity contribution in [1.82, 2.24) is 9.97 Å². The molecule has 0 spiro atoms. The van der Waals surface area contributed by atoms with Crippen LogP contribution >= 0.6 is 11.3 Å². The zero-order valence-corrected chi connectivity index (χ0v) is 11.9. The summed E-state index contributed by atoms with van der Waals surface area (Å²) in [6, 6.07) is 5.50. The van der Waals surface area contributed by atoms with Gasteiger partial charge in [-0.2, -0.15) is 0 Å². The molecule has 1 aromatic carbocycles. The van der Waals surface area contributed by atoms with Crippen LogP contribution in [-0.4, -0.2) is 16.6 Å². The highest BCUT2D eigenvalue weighted by molar-refractivity contribution is 7.09. The summed E-state index contributed by atoms with van der Waals surface area (Å²) in [6.07, 6.45) is 0.860. The number of hydrogen-bond donors (Lipinski definition) is 1. The minimum absolute atomic E-state index is 0.353. The summed E-state index contributed by atoms with van der Waals surface area (Å²) >= 11 is 1.65. The van der Waals surface area contributed by atoms with Gasteiger partial charge >= 0.3 is 0 Å². The molecule has 0 saturated heterocycles. The first-order valence-corrected chi connectivity index (χ1v) is 7.22. The van der Waals surface area contributed by atoms with E-state index in [1.54, 1.807) is 11.3 Å². The topological polar surface area (TPSA) is 74.2 Å². The highest BCUT2D eigenvalue weighted by Gasteiger charge is 2.08. The Morgan fingerprint density at radius 3 is 3.05 bits per heavy atom. The van der Waals surface area contributed by atoms with E-state index in [0.29, 0.717) is 35.9 Å². The number of nitrogens with zero attached hydrogens (tertiary/aromatic N) is 2. The number of thiazole rings is 1. The second kappa shape index (κ2) is 5.60. The van der Waals surface area contributed by atoms with Crippen LogP contribution in [0.1, 0.15) is 16.5 Å². The maximum absolute atomic E-state index is 5.84. The molecule has 0 fully saturated rings. The molecule has 2 N–H and O–H groups in total. The van der Waals surface area contributed by atoms with Crippen LogP contribution in [0.15, 0.2) is 28.1 Å². The Morgan fingerprint density at radius 2 is 2.30 bits per heavy atom. The van der Waals surface area contributed by atoms with Gasteiger partial charge in [0.25, 0.3) is 0 Å². The number of aryl methyl sites for hydroxylation is 1. The molecular formula is C14H15N3O2S. The van der Waals surface area contributed by atoms with Gasteiger partial charge in [0.05, 0.1) is 23.5 Å². The van der Waals surface area contributed by atoms with E-state index >= 15 is 0 Å². The van der Waals surface area contributed by atoms with Crippen LogP contribution < -0.4 is 5.73 Å². The fraction of sp³-hybridized carbons (Fsp3) is 0.286. The zero-order chi connectivity index (χ0) is 13.9. The molecule has 2 aromatic heterocycles. The highest BCUT2D eigenvalue weighted by Crippen LogP contribution is 2.21. The molecule has 0 aliphatic rings. The second-order valence-electron chi connectivity index (χ2n) is 4.47. The number of ether oxygens (including phenoxy) is 1. The van der Waals surface area contributed by atoms with Crippen LogP contribution in [-0.2, 0) is 17.8 Å². The quantitative estimate of drug-likeness (QED) is 0.577. The molecule has 0 amide bonds. The summed E-state index contributed by atoms with van der Waals surface area (Å²) in [4.78, 5) is 9.80. The Bertz CT molecular complexity index is 720. The molecule has 5 nitrogen and oxygen atoms in total. The monoisotopic (exact) mass is 289 g/mol. The second-order valence-corrected chi connectivity index (χ2v) is 5.40. The van der Waals surface area contributed by atoms with Gasteiger partial charge in [-0.1, -0.05) is 6.07 Å². The first kappa shape index (κ1) is 13.1. The summed E-state index contributed by atoms with van der Waals surface area (Å²) in [5, 5.41) is 0. The van der Waals surface area contributed by atoms with Crippen molar-refractivity contribution < 1.29 is 9.15 Å². The van der Waals surface area contributed by atoms with E-state index in [2.05, 4.69) is 9.97 Å². The molecule has 20 heavy (non-hydrogen) atoms. The van der Waals surface area contributed by atoms with Gasteiger partial charge in [-0.3, -0.25) is 0 Å². The lowest BCUT2D eigenvalue weighted by atomic mass is 10.3. The molecular weight excluding hydrogens is 274 g/mol. The number of benzene rings is 1. The molecule has 3 aromatic rings. The standard InChI is InChI=1S/C14H15N3O2S/c1-9-12(20-8-16-9)5-6-18-7-13-17-14-10(15)3-2-4-11(14)19-13/h2-4,8H,5-7,15H2,1H3. The lowest BCUT2D eigenvalue weighted by molar-refractivity contribution is 0.107. The molecule has 0 saturated carbocycles. The van der Waals surface area contributed by atoms with Crippen LogP contribution in [0.2, 0.25) is 0 Å². The van der Waals surface area contributed by atoms with Crippen molar-refractivity contribution in [3.63, 3.8) is 0 Å². The Kier molecular flexibility index (Phi) is 3.66. The Labute approximate surface area is 120 Å². The van der Waals surface area contributed by atoms with Gasteiger partial charge in [0, 0.05) is 11.3 Å². The number of hydrogen-bond acceptors (Lipinski definition) is 6. The fourth-order valence-corrected chi connectivity index (χ4v) is 2.73. The predicted molar refractivity (Wildman–Crippen MR) is 78.6 cm³/mol. The molecule has 0 bridgehead atoms. The maximum atomic E-state index is 5.84. The van der Waals surface area contributed by atoms with Crippen LogP contribution in [0.3, 0.4) is 0 Å². The number of oxazole rings is 1. The first-order chi connectivity index (χ1) is 9.74. The Morgan fingerprint density at radius 1 is 1.40 bits per heavy atom. The van der Waals surface area contributed by atoms with Crippen molar-refractivity contribution in [2.45, 2.75) is 20.0 Å². The summed E-state index contributed by atoms with van der Waals surface area (Å²) in [7, 11) is 0. The maximum Gasteiger partial charge on any atom is 0.221 e. The fourth-order valence-electron chi connectivity index (χ4n) is 1.97. The molecule has 0 unspecified atom stereocenters. The number of para-hydroxylation sites is 1. The number of rotatable bonds is 5. The third kappa shape index (κ3) is 2.66. The normalized spacial score (nSPS) is 11.2. The van der Waals surface area contributed by atoms with Crippen LogP contribution in [0.5, 0.6) is 0 Å². The first-order valence-electron chi connectivity index (χ1n) is 6.34. The van der Waals surface area contributed by atoms with Crippen molar-refractivity contribution in [1.29, 1.82) is 0 Å². The largest absolute Gasteiger partial charge is 0.438 e. The Hall–Kier alpha value is -1.92. The summed E-state index contributed by atoms with van der Waals surface area (Å²) in [5.41, 5.74) is 10.8. The third-order valence-electron chi connectivity index (χ3n) is 3.04. The van der Waals surface area contributed by atoms with E-state index in [4.69, 9.17) is 14.9 Å². The van der Waals surface area contributed by atoms with E-state index in [-0.39, 0.29) is 0 Å². The number of anilines is 1. The van der Waals surface area contributed by atoms with E-state index in [0.717, 1.165) is 12.1 Å². The summed E-state index contributed by atoms with van der Waals surface area (Å²) in [6.45, 7) is 2.98. The lowest BCUT2D eigenvalue weighted by Crippen LogP contribution is -1.99. The average molecular weight is 289 g/mol. The van der Waals surface area contributed by atoms with E-state index in [1.807, 2.05) is 30.6 Å². The van der Waals surface area contributed by atoms with Gasteiger partial charge in [0.2, 0.25) is 5.89 Å². The van der Waals surface area contributed by atoms with E-state index < -0.39 is 0 Å². The molecule has 6 heteroatoms. The van der Waals surface area contributed by atoms with Crippen molar-refractivity contribution >= 4 is 28.1 Å². The third-order valence-corrected chi connectivity index (χ3v) is 4.03. The molecule has 0 atom stereocenters. The van der Waals surface area contributed by atoms with Gasteiger partial charge in [-0.05, 0) is 19.1 Å². The van der Waals surface area contributed by atoms with Gasteiger partial charge in [-0.15, -0.1) is 11.3 Å². The number of nitrogens with two attached hydrogens (primary N) is 1. The lowest BCUT2D eigenvalue weighted by Gasteiger charge is -2.00. The highest BCUT2D eigenvalue weighted by atomic mass is 32.1. The number of fused-ring (bicyclic) bond motifs is 1. The Balaban J connectivity index is 1.57. The van der Waals surface area contributed by atoms with Crippen molar-refractivity contribution in [3.05, 3.63) is 40.2 Å². The van der Waals surface area contributed by atoms with Crippen LogP contribution in [0, 0.1) is 6.92 Å². The summed E-state index contributed by atoms with van der Waals surface area (Å²) < 4.78 is 11.2. The predicted octanol–water partition coefficient (Wildman–Crippen LogP) is 2.93. The molecule has 0 aliphatic heterocycles. The minimum Gasteiger partial charge on any atom is -0.438 e. The van der Waals surface area contributed by atoms with Gasteiger partial charge in [-0.25, -0.2) is 9.97 Å². The molecule has 104 valence electrons. The smallest absolute Gasteiger partial charge is 0.221 e. The van der Waals surface area contributed by atoms with E-state index in [9.17, 15) is 0 Å². The van der Waals surface area contributed by atoms with Crippen LogP contribution in [0.4, 0.5) is 5.69 Å². The van der Waals surface area contributed by atoms with Gasteiger partial charge in [0.1, 0.15) is 12.1 Å². The molecule has 3 rings (SSSR count). The number of aromatic nitrogens is 2. The SMILES string of the molecule is Cc1ncsc1CCOCc1nc2c(N)cccc2o1. The zero-order valence-electron chi connectivity index (χ0n) is 11.1. The van der Waals surface area contributed by atoms with Crippen molar-refractivity contribution in [2.75, 3.05) is 12.3 Å². The molecule has 0 radical (unpaired) electrons. The van der Waals surface area contributed by atoms with Gasteiger partial charge < -0.3 is 14.9 Å². The number of nitrogen functional groups attached to an aromatic ring is 1. The van der Waals surface area contributed by atoms with Crippen molar-refractivity contribution in [2.24, 2.45) is 0 Å². The molecule has 2 heterocycles. The average Bonchev–Trinajstić information content (AvgIpc) is 3.02. The molecule has 0 aliphatic carbocycles. The minimum atomic E-state index is 0.353. The van der Waals surface area contributed by atoms with E-state index in [1.165, 1.54) is 4.88 Å².